The molecule has 1 aromatic carbocycles. The molecule has 1 fully saturated rings. The molecule has 1 aliphatic heterocycles. The first-order valence-electron chi connectivity index (χ1n) is 7.02. The Hall–Kier alpha value is -1.31. The van der Waals surface area contributed by atoms with E-state index in [2.05, 4.69) is 27.9 Å². The van der Waals surface area contributed by atoms with Crippen LogP contribution in [0.1, 0.15) is 26.2 Å². The van der Waals surface area contributed by atoms with E-state index in [0.29, 0.717) is 32.4 Å². The van der Waals surface area contributed by atoms with Crippen molar-refractivity contribution in [1.29, 1.82) is 0 Å². The van der Waals surface area contributed by atoms with Crippen LogP contribution in [-0.2, 0) is 4.79 Å². The summed E-state index contributed by atoms with van der Waals surface area (Å²) in [5, 5.41) is 12.2. The highest BCUT2D eigenvalue weighted by Gasteiger charge is 2.40. The Morgan fingerprint density at radius 2 is 2.05 bits per heavy atom. The van der Waals surface area contributed by atoms with Crippen LogP contribution in [0.5, 0.6) is 0 Å². The number of halogens is 1. The predicted octanol–water partition coefficient (Wildman–Crippen LogP) is 3.40. The molecule has 0 radical (unpaired) electrons. The standard InChI is InChI=1S/C15H19IN2O3/c1-2-15(13(19)20)6-8-18(9-7-15)14(21)17-12-5-3-4-11(16)10-12/h3-5,10H,2,6-9H2,1H3,(H,17,21)(H,19,20). The van der Waals surface area contributed by atoms with Crippen LogP contribution in [0.15, 0.2) is 24.3 Å². The number of urea groups is 1. The fourth-order valence-corrected chi connectivity index (χ4v) is 3.17. The number of carboxylic acid groups (broad SMARTS) is 1. The van der Waals surface area contributed by atoms with Gasteiger partial charge in [0.2, 0.25) is 0 Å². The molecule has 0 aliphatic carbocycles. The summed E-state index contributed by atoms with van der Waals surface area (Å²) in [5.74, 6) is -0.748. The molecule has 0 spiro atoms. The lowest BCUT2D eigenvalue weighted by atomic mass is 9.76. The third-order valence-corrected chi connectivity index (χ3v) is 4.89. The van der Waals surface area contributed by atoms with E-state index in [-0.39, 0.29) is 6.03 Å². The topological polar surface area (TPSA) is 69.6 Å². The Morgan fingerprint density at radius 1 is 1.38 bits per heavy atom. The summed E-state index contributed by atoms with van der Waals surface area (Å²) in [7, 11) is 0. The number of benzene rings is 1. The average Bonchev–Trinajstić information content (AvgIpc) is 2.47. The van der Waals surface area contributed by atoms with Crippen molar-refractivity contribution in [3.05, 3.63) is 27.8 Å². The van der Waals surface area contributed by atoms with E-state index >= 15 is 0 Å². The molecule has 0 aromatic heterocycles. The molecule has 0 saturated carbocycles. The minimum absolute atomic E-state index is 0.160. The Kier molecular flexibility index (Phi) is 5.08. The summed E-state index contributed by atoms with van der Waals surface area (Å²) in [6.45, 7) is 2.86. The van der Waals surface area contributed by atoms with Crippen molar-refractivity contribution in [2.45, 2.75) is 26.2 Å². The number of likely N-dealkylation sites (tertiary alicyclic amines) is 1. The molecule has 0 bridgehead atoms. The number of amides is 2. The van der Waals surface area contributed by atoms with E-state index in [4.69, 9.17) is 0 Å². The van der Waals surface area contributed by atoms with Crippen molar-refractivity contribution < 1.29 is 14.7 Å². The maximum Gasteiger partial charge on any atom is 0.321 e. The highest BCUT2D eigenvalue weighted by molar-refractivity contribution is 14.1. The molecule has 114 valence electrons. The van der Waals surface area contributed by atoms with Crippen LogP contribution >= 0.6 is 22.6 Å². The van der Waals surface area contributed by atoms with Crippen LogP contribution in [0.2, 0.25) is 0 Å². The van der Waals surface area contributed by atoms with Gasteiger partial charge in [-0.15, -0.1) is 0 Å². The van der Waals surface area contributed by atoms with Gasteiger partial charge in [-0.2, -0.15) is 0 Å². The van der Waals surface area contributed by atoms with Gasteiger partial charge in [-0.3, -0.25) is 4.79 Å². The fourth-order valence-electron chi connectivity index (χ4n) is 2.63. The summed E-state index contributed by atoms with van der Waals surface area (Å²) < 4.78 is 1.06. The minimum atomic E-state index is -0.748. The summed E-state index contributed by atoms with van der Waals surface area (Å²) in [4.78, 5) is 25.3. The lowest BCUT2D eigenvalue weighted by Gasteiger charge is -2.38. The summed E-state index contributed by atoms with van der Waals surface area (Å²) in [6.07, 6.45) is 1.63. The van der Waals surface area contributed by atoms with Crippen molar-refractivity contribution >= 4 is 40.3 Å². The van der Waals surface area contributed by atoms with Crippen LogP contribution in [0.3, 0.4) is 0 Å². The van der Waals surface area contributed by atoms with Gasteiger partial charge >= 0.3 is 12.0 Å². The van der Waals surface area contributed by atoms with Gasteiger partial charge in [0.1, 0.15) is 0 Å². The summed E-state index contributed by atoms with van der Waals surface area (Å²) in [6, 6.07) is 7.43. The third-order valence-electron chi connectivity index (χ3n) is 4.21. The highest BCUT2D eigenvalue weighted by Crippen LogP contribution is 2.35. The van der Waals surface area contributed by atoms with Crippen LogP contribution < -0.4 is 5.32 Å². The molecule has 1 saturated heterocycles. The van der Waals surface area contributed by atoms with Gasteiger partial charge in [0, 0.05) is 22.3 Å². The van der Waals surface area contributed by atoms with Crippen molar-refractivity contribution in [2.75, 3.05) is 18.4 Å². The Morgan fingerprint density at radius 3 is 2.57 bits per heavy atom. The fraction of sp³-hybridized carbons (Fsp3) is 0.467. The zero-order valence-electron chi connectivity index (χ0n) is 11.9. The quantitative estimate of drug-likeness (QED) is 0.762. The van der Waals surface area contributed by atoms with E-state index in [1.807, 2.05) is 31.2 Å². The number of aliphatic carboxylic acids is 1. The Bertz CT molecular complexity index is 539. The maximum atomic E-state index is 12.2. The largest absolute Gasteiger partial charge is 0.481 e. The molecule has 1 aliphatic rings. The van der Waals surface area contributed by atoms with Crippen LogP contribution in [0.25, 0.3) is 0 Å². The first-order chi connectivity index (χ1) is 9.97. The maximum absolute atomic E-state index is 12.2. The molecule has 2 amide bonds. The van der Waals surface area contributed by atoms with Gasteiger partial charge < -0.3 is 15.3 Å². The first kappa shape index (κ1) is 16.1. The van der Waals surface area contributed by atoms with Crippen LogP contribution in [0.4, 0.5) is 10.5 Å². The van der Waals surface area contributed by atoms with E-state index in [0.717, 1.165) is 9.26 Å². The number of hydrogen-bond acceptors (Lipinski definition) is 2. The van der Waals surface area contributed by atoms with Crippen LogP contribution in [-0.4, -0.2) is 35.1 Å². The van der Waals surface area contributed by atoms with Gasteiger partial charge in [0.25, 0.3) is 0 Å². The van der Waals surface area contributed by atoms with Crippen molar-refractivity contribution in [1.82, 2.24) is 4.90 Å². The molecule has 1 heterocycles. The number of rotatable bonds is 3. The van der Waals surface area contributed by atoms with E-state index < -0.39 is 11.4 Å². The molecule has 2 rings (SSSR count). The SMILES string of the molecule is CCC1(C(=O)O)CCN(C(=O)Nc2cccc(I)c2)CC1. The molecule has 0 atom stereocenters. The number of carbonyl (C=O) groups is 2. The number of carbonyl (C=O) groups excluding carboxylic acids is 1. The minimum Gasteiger partial charge on any atom is -0.481 e. The molecule has 0 unspecified atom stereocenters. The van der Waals surface area contributed by atoms with Gasteiger partial charge in [0.05, 0.1) is 5.41 Å². The molecule has 21 heavy (non-hydrogen) atoms. The Labute approximate surface area is 137 Å². The second kappa shape index (κ2) is 6.64. The molecule has 1 aromatic rings. The van der Waals surface area contributed by atoms with Gasteiger partial charge in [0.15, 0.2) is 0 Å². The normalized spacial score (nSPS) is 17.3. The molecular formula is C15H19IN2O3. The zero-order valence-corrected chi connectivity index (χ0v) is 14.1. The molecule has 2 N–H and O–H groups in total. The number of nitrogens with one attached hydrogen (secondary N) is 1. The smallest absolute Gasteiger partial charge is 0.321 e. The predicted molar refractivity (Wildman–Crippen MR) is 89.3 cm³/mol. The second-order valence-electron chi connectivity index (χ2n) is 5.37. The molecular weight excluding hydrogens is 383 g/mol. The lowest BCUT2D eigenvalue weighted by molar-refractivity contribution is -0.151. The third kappa shape index (κ3) is 3.66. The monoisotopic (exact) mass is 402 g/mol. The Balaban J connectivity index is 1.96. The lowest BCUT2D eigenvalue weighted by Crippen LogP contribution is -2.47. The second-order valence-corrected chi connectivity index (χ2v) is 6.61. The average molecular weight is 402 g/mol. The van der Waals surface area contributed by atoms with Crippen LogP contribution in [0, 0.1) is 8.99 Å². The van der Waals surface area contributed by atoms with Crippen molar-refractivity contribution in [3.8, 4) is 0 Å². The number of nitrogens with zero attached hydrogens (tertiary/aromatic N) is 1. The highest BCUT2D eigenvalue weighted by atomic mass is 127. The molecule has 5 nitrogen and oxygen atoms in total. The van der Waals surface area contributed by atoms with Crippen molar-refractivity contribution in [3.63, 3.8) is 0 Å². The zero-order chi connectivity index (χ0) is 15.5. The number of anilines is 1. The van der Waals surface area contributed by atoms with Gasteiger partial charge in [-0.1, -0.05) is 13.0 Å². The van der Waals surface area contributed by atoms with E-state index in [1.165, 1.54) is 0 Å². The summed E-state index contributed by atoms with van der Waals surface area (Å²) >= 11 is 2.19. The number of carboxylic acids is 1. The van der Waals surface area contributed by atoms with E-state index in [1.54, 1.807) is 4.90 Å². The van der Waals surface area contributed by atoms with Gasteiger partial charge in [-0.25, -0.2) is 4.79 Å². The van der Waals surface area contributed by atoms with Crippen molar-refractivity contribution in [2.24, 2.45) is 5.41 Å². The number of hydrogen-bond donors (Lipinski definition) is 2. The van der Waals surface area contributed by atoms with Gasteiger partial charge in [-0.05, 0) is 60.1 Å². The van der Waals surface area contributed by atoms with E-state index in [9.17, 15) is 14.7 Å². The molecule has 6 heteroatoms. The first-order valence-corrected chi connectivity index (χ1v) is 8.09. The summed E-state index contributed by atoms with van der Waals surface area (Å²) in [5.41, 5.74) is 0.0938. The number of piperidine rings is 1.